The van der Waals surface area contributed by atoms with Crippen molar-refractivity contribution in [1.29, 1.82) is 0 Å². The van der Waals surface area contributed by atoms with E-state index in [1.807, 2.05) is 22.2 Å². The molecule has 1 saturated carbocycles. The summed E-state index contributed by atoms with van der Waals surface area (Å²) in [5.41, 5.74) is 2.38. The zero-order chi connectivity index (χ0) is 19.6. The number of fused-ring (bicyclic) bond motifs is 3. The Morgan fingerprint density at radius 1 is 1.37 bits per heavy atom. The quantitative estimate of drug-likeness (QED) is 0.397. The molecular weight excluding hydrogens is 446 g/mol. The standard InChI is InChI=1S/C18H18BrF4N3S/c1-25-14(4-5-24-8-18(21,22)23)15-12-7-17(12,9-26(15)16(25)27)11-6-10(19)2-3-13(11)20/h2-3,6,12,24H,4-5,7-9H2,1H3/t12-,17+/m0/s1. The van der Waals surface area contributed by atoms with E-state index in [-0.39, 0.29) is 23.7 Å². The average Bonchev–Trinajstić information content (AvgIpc) is 3.14. The molecule has 1 fully saturated rings. The second-order valence-electron chi connectivity index (χ2n) is 7.34. The molecule has 0 spiro atoms. The average molecular weight is 464 g/mol. The highest BCUT2D eigenvalue weighted by Crippen LogP contribution is 2.66. The molecule has 2 aliphatic rings. The Bertz CT molecular complexity index is 965. The van der Waals surface area contributed by atoms with Crippen LogP contribution in [0.25, 0.3) is 0 Å². The van der Waals surface area contributed by atoms with E-state index in [2.05, 4.69) is 21.2 Å². The van der Waals surface area contributed by atoms with Crippen molar-refractivity contribution >= 4 is 28.1 Å². The van der Waals surface area contributed by atoms with Crippen LogP contribution in [-0.4, -0.2) is 28.4 Å². The lowest BCUT2D eigenvalue weighted by molar-refractivity contribution is -0.124. The van der Waals surface area contributed by atoms with E-state index < -0.39 is 12.7 Å². The zero-order valence-corrected chi connectivity index (χ0v) is 16.9. The first-order valence-corrected chi connectivity index (χ1v) is 9.85. The molecule has 2 heterocycles. The normalized spacial score (nSPS) is 23.4. The second kappa shape index (κ2) is 6.42. The molecule has 0 radical (unpaired) electrons. The van der Waals surface area contributed by atoms with Gasteiger partial charge in [-0.15, -0.1) is 0 Å². The van der Waals surface area contributed by atoms with Gasteiger partial charge in [0.1, 0.15) is 5.82 Å². The fourth-order valence-electron chi connectivity index (χ4n) is 4.38. The molecule has 27 heavy (non-hydrogen) atoms. The third kappa shape index (κ3) is 3.17. The predicted molar refractivity (Wildman–Crippen MR) is 100 cm³/mol. The number of rotatable bonds is 5. The maximum absolute atomic E-state index is 14.5. The molecular formula is C18H18BrF4N3S. The van der Waals surface area contributed by atoms with Crippen LogP contribution in [0.1, 0.15) is 29.3 Å². The lowest BCUT2D eigenvalue weighted by atomic mass is 9.93. The highest BCUT2D eigenvalue weighted by Gasteiger charge is 2.63. The number of alkyl halides is 3. The minimum Gasteiger partial charge on any atom is -0.324 e. The van der Waals surface area contributed by atoms with Crippen molar-refractivity contribution in [2.75, 3.05) is 13.1 Å². The number of nitrogens with one attached hydrogen (secondary N) is 1. The highest BCUT2D eigenvalue weighted by molar-refractivity contribution is 9.10. The molecule has 146 valence electrons. The van der Waals surface area contributed by atoms with E-state index in [0.717, 1.165) is 22.3 Å². The molecule has 0 amide bonds. The molecule has 1 aliphatic carbocycles. The molecule has 2 aromatic rings. The molecule has 0 bridgehead atoms. The molecule has 1 aliphatic heterocycles. The summed E-state index contributed by atoms with van der Waals surface area (Å²) in [6.45, 7) is -0.183. The van der Waals surface area contributed by atoms with Crippen LogP contribution in [0.2, 0.25) is 0 Å². The van der Waals surface area contributed by atoms with Crippen LogP contribution in [-0.2, 0) is 25.4 Å². The van der Waals surface area contributed by atoms with Gasteiger partial charge in [-0.2, -0.15) is 13.2 Å². The van der Waals surface area contributed by atoms with Crippen molar-refractivity contribution in [1.82, 2.24) is 14.5 Å². The first kappa shape index (κ1) is 19.1. The van der Waals surface area contributed by atoms with Crippen LogP contribution < -0.4 is 5.32 Å². The molecule has 0 saturated heterocycles. The Labute approximate surface area is 167 Å². The Morgan fingerprint density at radius 3 is 2.81 bits per heavy atom. The van der Waals surface area contributed by atoms with E-state index in [1.54, 1.807) is 6.07 Å². The number of hydrogen-bond acceptors (Lipinski definition) is 2. The molecule has 3 nitrogen and oxygen atoms in total. The number of imidazole rings is 1. The molecule has 1 aromatic carbocycles. The number of aromatic nitrogens is 2. The number of nitrogens with zero attached hydrogens (tertiary/aromatic N) is 2. The van der Waals surface area contributed by atoms with E-state index in [0.29, 0.717) is 23.3 Å². The first-order chi connectivity index (χ1) is 12.6. The number of hydrogen-bond donors (Lipinski definition) is 1. The zero-order valence-electron chi connectivity index (χ0n) is 14.5. The summed E-state index contributed by atoms with van der Waals surface area (Å²) in [6.07, 6.45) is -2.94. The van der Waals surface area contributed by atoms with E-state index in [4.69, 9.17) is 12.2 Å². The summed E-state index contributed by atoms with van der Waals surface area (Å²) in [7, 11) is 1.84. The Balaban J connectivity index is 1.60. The summed E-state index contributed by atoms with van der Waals surface area (Å²) >= 11 is 8.95. The van der Waals surface area contributed by atoms with Crippen molar-refractivity contribution in [3.8, 4) is 0 Å². The Hall–Kier alpha value is -1.19. The summed E-state index contributed by atoms with van der Waals surface area (Å²) < 4.78 is 56.9. The summed E-state index contributed by atoms with van der Waals surface area (Å²) in [5, 5.41) is 2.44. The van der Waals surface area contributed by atoms with Gasteiger partial charge in [0.25, 0.3) is 0 Å². The maximum Gasteiger partial charge on any atom is 0.401 e. The third-order valence-corrected chi connectivity index (χ3v) is 6.67. The van der Waals surface area contributed by atoms with Crippen molar-refractivity contribution in [3.05, 3.63) is 50.2 Å². The fraction of sp³-hybridized carbons (Fsp3) is 0.500. The van der Waals surface area contributed by atoms with Crippen LogP contribution in [0.4, 0.5) is 17.6 Å². The monoisotopic (exact) mass is 463 g/mol. The van der Waals surface area contributed by atoms with Gasteiger partial charge in [-0.05, 0) is 42.4 Å². The van der Waals surface area contributed by atoms with Crippen molar-refractivity contribution in [2.24, 2.45) is 7.05 Å². The second-order valence-corrected chi connectivity index (χ2v) is 8.62. The molecule has 9 heteroatoms. The number of halogens is 5. The van der Waals surface area contributed by atoms with Crippen LogP contribution >= 0.6 is 28.1 Å². The summed E-state index contributed by atoms with van der Waals surface area (Å²) in [6, 6.07) is 4.97. The highest BCUT2D eigenvalue weighted by atomic mass is 79.9. The van der Waals surface area contributed by atoms with Gasteiger partial charge >= 0.3 is 6.18 Å². The van der Waals surface area contributed by atoms with Gasteiger partial charge in [-0.25, -0.2) is 4.39 Å². The molecule has 1 aromatic heterocycles. The maximum atomic E-state index is 14.5. The summed E-state index contributed by atoms with van der Waals surface area (Å²) in [4.78, 5) is 0. The van der Waals surface area contributed by atoms with Crippen LogP contribution in [0.3, 0.4) is 0 Å². The third-order valence-electron chi connectivity index (χ3n) is 5.68. The molecule has 0 unspecified atom stereocenters. The molecule has 4 rings (SSSR count). The SMILES string of the molecule is Cn1c(CCNCC(F)(F)F)c2n(c1=S)C[C@@]1(c3cc(Br)ccc3F)C[C@@H]21. The fourth-order valence-corrected chi connectivity index (χ4v) is 5.02. The number of benzene rings is 1. The van der Waals surface area contributed by atoms with Crippen molar-refractivity contribution in [3.63, 3.8) is 0 Å². The lowest BCUT2D eigenvalue weighted by Crippen LogP contribution is -2.30. The molecule has 2 atom stereocenters. The van der Waals surface area contributed by atoms with Gasteiger partial charge in [0, 0.05) is 53.8 Å². The minimum absolute atomic E-state index is 0.154. The minimum atomic E-state index is -4.22. The first-order valence-electron chi connectivity index (χ1n) is 8.65. The van der Waals surface area contributed by atoms with Crippen LogP contribution in [0.5, 0.6) is 0 Å². The van der Waals surface area contributed by atoms with Gasteiger partial charge < -0.3 is 14.5 Å². The van der Waals surface area contributed by atoms with E-state index >= 15 is 0 Å². The largest absolute Gasteiger partial charge is 0.401 e. The molecule has 1 N–H and O–H groups in total. The Kier molecular flexibility index (Phi) is 4.55. The van der Waals surface area contributed by atoms with E-state index in [9.17, 15) is 17.6 Å². The predicted octanol–water partition coefficient (Wildman–Crippen LogP) is 4.59. The van der Waals surface area contributed by atoms with Crippen LogP contribution in [0.15, 0.2) is 22.7 Å². The summed E-state index contributed by atoms with van der Waals surface area (Å²) in [5.74, 6) is -0.0723. The van der Waals surface area contributed by atoms with Gasteiger partial charge in [-0.1, -0.05) is 15.9 Å². The van der Waals surface area contributed by atoms with Crippen LogP contribution in [0, 0.1) is 10.6 Å². The van der Waals surface area contributed by atoms with Gasteiger partial charge in [0.05, 0.1) is 6.54 Å². The lowest BCUT2D eigenvalue weighted by Gasteiger charge is -2.15. The van der Waals surface area contributed by atoms with E-state index in [1.165, 1.54) is 6.07 Å². The van der Waals surface area contributed by atoms with Gasteiger partial charge in [-0.3, -0.25) is 0 Å². The smallest absolute Gasteiger partial charge is 0.324 e. The Morgan fingerprint density at radius 2 is 2.11 bits per heavy atom. The van der Waals surface area contributed by atoms with Crippen molar-refractivity contribution < 1.29 is 17.6 Å². The van der Waals surface area contributed by atoms with Gasteiger partial charge in [0.15, 0.2) is 4.77 Å². The topological polar surface area (TPSA) is 21.9 Å². The van der Waals surface area contributed by atoms with Crippen molar-refractivity contribution in [2.45, 2.75) is 36.9 Å². The van der Waals surface area contributed by atoms with Gasteiger partial charge in [0.2, 0.25) is 0 Å².